The maximum absolute atomic E-state index is 13.2. The van der Waals surface area contributed by atoms with Crippen molar-refractivity contribution >= 4 is 23.7 Å². The van der Waals surface area contributed by atoms with Gasteiger partial charge in [0.15, 0.2) is 6.10 Å². The molecular weight excluding hydrogens is 347 g/mol. The van der Waals surface area contributed by atoms with Crippen LogP contribution in [0.15, 0.2) is 18.2 Å². The predicted molar refractivity (Wildman–Crippen MR) is 89.2 cm³/mol. The van der Waals surface area contributed by atoms with Crippen LogP contribution in [-0.4, -0.2) is 42.8 Å². The molecule has 0 radical (unpaired) electrons. The average molecular weight is 368 g/mol. The van der Waals surface area contributed by atoms with E-state index in [1.165, 1.54) is 12.1 Å². The molecule has 1 aliphatic rings. The molecule has 0 bridgehead atoms. The number of hydrogen-bond acceptors (Lipinski definition) is 6. The van der Waals surface area contributed by atoms with Crippen LogP contribution in [-0.2, 0) is 19.1 Å². The van der Waals surface area contributed by atoms with Crippen LogP contribution < -0.4 is 15.4 Å². The quantitative estimate of drug-likeness (QED) is 0.788. The van der Waals surface area contributed by atoms with E-state index < -0.39 is 41.5 Å². The zero-order valence-electron chi connectivity index (χ0n) is 14.9. The number of nitrogens with one attached hydrogen (secondary N) is 2. The highest BCUT2D eigenvalue weighted by molar-refractivity contribution is 5.98. The highest BCUT2D eigenvalue weighted by atomic mass is 19.1. The SMILES string of the molecule is COC(=O)[C@H](C[C@@H]1Oc2ccc(F)cc2NC1=O)NC(=O)OC(C)(C)C. The molecular formula is C17H21FN2O6. The van der Waals surface area contributed by atoms with Crippen molar-refractivity contribution in [1.82, 2.24) is 5.32 Å². The fourth-order valence-electron chi connectivity index (χ4n) is 2.30. The van der Waals surface area contributed by atoms with E-state index in [2.05, 4.69) is 15.4 Å². The van der Waals surface area contributed by atoms with E-state index in [1.807, 2.05) is 0 Å². The van der Waals surface area contributed by atoms with Gasteiger partial charge >= 0.3 is 12.1 Å². The smallest absolute Gasteiger partial charge is 0.408 e. The fraction of sp³-hybridized carbons (Fsp3) is 0.471. The van der Waals surface area contributed by atoms with Crippen molar-refractivity contribution in [2.75, 3.05) is 12.4 Å². The van der Waals surface area contributed by atoms with E-state index in [9.17, 15) is 18.8 Å². The van der Waals surface area contributed by atoms with Crippen molar-refractivity contribution in [2.24, 2.45) is 0 Å². The van der Waals surface area contributed by atoms with Crippen molar-refractivity contribution in [3.63, 3.8) is 0 Å². The Balaban J connectivity index is 2.10. The van der Waals surface area contributed by atoms with Crippen molar-refractivity contribution in [3.8, 4) is 5.75 Å². The number of carbonyl (C=O) groups is 3. The minimum atomic E-state index is -1.16. The molecule has 1 aromatic rings. The summed E-state index contributed by atoms with van der Waals surface area (Å²) in [6.45, 7) is 5.02. The van der Waals surface area contributed by atoms with Gasteiger partial charge in [0.1, 0.15) is 23.2 Å². The first kappa shape index (κ1) is 19.5. The topological polar surface area (TPSA) is 103 Å². The predicted octanol–water partition coefficient (Wildman–Crippen LogP) is 1.98. The number of ether oxygens (including phenoxy) is 3. The molecule has 1 aromatic carbocycles. The monoisotopic (exact) mass is 368 g/mol. The first-order chi connectivity index (χ1) is 12.1. The molecule has 8 nitrogen and oxygen atoms in total. The van der Waals surface area contributed by atoms with Gasteiger partial charge in [-0.1, -0.05) is 0 Å². The molecule has 0 saturated carbocycles. The molecule has 0 fully saturated rings. The molecule has 2 amide bonds. The van der Waals surface area contributed by atoms with E-state index in [0.717, 1.165) is 13.2 Å². The number of benzene rings is 1. The number of alkyl carbamates (subject to hydrolysis) is 1. The Morgan fingerprint density at radius 3 is 2.69 bits per heavy atom. The lowest BCUT2D eigenvalue weighted by Gasteiger charge is -2.28. The third kappa shape index (κ3) is 5.08. The number of fused-ring (bicyclic) bond motifs is 1. The van der Waals surface area contributed by atoms with E-state index in [4.69, 9.17) is 9.47 Å². The Hall–Kier alpha value is -2.84. The van der Waals surface area contributed by atoms with Gasteiger partial charge in [0, 0.05) is 12.5 Å². The number of anilines is 1. The zero-order valence-corrected chi connectivity index (χ0v) is 14.9. The van der Waals surface area contributed by atoms with Crippen molar-refractivity contribution in [2.45, 2.75) is 44.9 Å². The summed E-state index contributed by atoms with van der Waals surface area (Å²) in [5.41, 5.74) is -0.562. The lowest BCUT2D eigenvalue weighted by atomic mass is 10.1. The Labute approximate surface area is 150 Å². The number of esters is 1. The number of halogens is 1. The Kier molecular flexibility index (Phi) is 5.69. The zero-order chi connectivity index (χ0) is 19.5. The summed E-state index contributed by atoms with van der Waals surface area (Å²) in [4.78, 5) is 36.1. The van der Waals surface area contributed by atoms with E-state index in [1.54, 1.807) is 20.8 Å². The first-order valence-corrected chi connectivity index (χ1v) is 7.93. The minimum absolute atomic E-state index is 0.186. The number of methoxy groups -OCH3 is 1. The summed E-state index contributed by atoms with van der Waals surface area (Å²) in [6, 6.07) is 2.52. The molecule has 2 atom stereocenters. The van der Waals surface area contributed by atoms with Gasteiger partial charge in [-0.05, 0) is 32.9 Å². The molecule has 0 spiro atoms. The van der Waals surface area contributed by atoms with Gasteiger partial charge < -0.3 is 24.8 Å². The van der Waals surface area contributed by atoms with Crippen LogP contribution in [0.2, 0.25) is 0 Å². The molecule has 2 rings (SSSR count). The third-order valence-corrected chi connectivity index (χ3v) is 3.39. The summed E-state index contributed by atoms with van der Waals surface area (Å²) >= 11 is 0. The summed E-state index contributed by atoms with van der Waals surface area (Å²) < 4.78 is 28.5. The molecule has 1 aliphatic heterocycles. The summed E-state index contributed by atoms with van der Waals surface area (Å²) in [6.07, 6.45) is -2.09. The summed E-state index contributed by atoms with van der Waals surface area (Å²) in [5, 5.41) is 4.87. The van der Waals surface area contributed by atoms with Crippen LogP contribution in [0, 0.1) is 5.82 Å². The lowest BCUT2D eigenvalue weighted by Crippen LogP contribution is -2.49. The highest BCUT2D eigenvalue weighted by Gasteiger charge is 2.35. The number of hydrogen-bond donors (Lipinski definition) is 2. The second-order valence-electron chi connectivity index (χ2n) is 6.69. The summed E-state index contributed by atoms with van der Waals surface area (Å²) in [5.74, 6) is -1.58. The number of amides is 2. The molecule has 26 heavy (non-hydrogen) atoms. The van der Waals surface area contributed by atoms with Gasteiger partial charge in [-0.15, -0.1) is 0 Å². The Bertz CT molecular complexity index is 716. The first-order valence-electron chi connectivity index (χ1n) is 7.93. The molecule has 0 aliphatic carbocycles. The van der Waals surface area contributed by atoms with Gasteiger partial charge in [0.2, 0.25) is 0 Å². The van der Waals surface area contributed by atoms with Crippen LogP contribution in [0.1, 0.15) is 27.2 Å². The van der Waals surface area contributed by atoms with Crippen LogP contribution in [0.4, 0.5) is 14.9 Å². The molecule has 0 unspecified atom stereocenters. The van der Waals surface area contributed by atoms with Gasteiger partial charge in [-0.3, -0.25) is 4.79 Å². The van der Waals surface area contributed by atoms with Gasteiger partial charge in [0.25, 0.3) is 5.91 Å². The van der Waals surface area contributed by atoms with Crippen LogP contribution >= 0.6 is 0 Å². The van der Waals surface area contributed by atoms with Crippen LogP contribution in [0.5, 0.6) is 5.75 Å². The molecule has 2 N–H and O–H groups in total. The van der Waals surface area contributed by atoms with Crippen LogP contribution in [0.3, 0.4) is 0 Å². The summed E-state index contributed by atoms with van der Waals surface area (Å²) in [7, 11) is 1.16. The fourth-order valence-corrected chi connectivity index (χ4v) is 2.30. The van der Waals surface area contributed by atoms with Gasteiger partial charge in [0.05, 0.1) is 12.8 Å². The van der Waals surface area contributed by atoms with Crippen molar-refractivity contribution < 1.29 is 33.0 Å². The van der Waals surface area contributed by atoms with Crippen molar-refractivity contribution in [1.29, 1.82) is 0 Å². The van der Waals surface area contributed by atoms with Crippen molar-refractivity contribution in [3.05, 3.63) is 24.0 Å². The normalized spacial score (nSPS) is 17.3. The molecule has 0 saturated heterocycles. The van der Waals surface area contributed by atoms with E-state index in [0.29, 0.717) is 0 Å². The lowest BCUT2D eigenvalue weighted by molar-refractivity contribution is -0.144. The number of carbonyl (C=O) groups excluding carboxylic acids is 3. The van der Waals surface area contributed by atoms with E-state index in [-0.39, 0.29) is 17.9 Å². The molecule has 9 heteroatoms. The Morgan fingerprint density at radius 2 is 2.08 bits per heavy atom. The van der Waals surface area contributed by atoms with Gasteiger partial charge in [-0.2, -0.15) is 0 Å². The Morgan fingerprint density at radius 1 is 1.38 bits per heavy atom. The second-order valence-corrected chi connectivity index (χ2v) is 6.69. The standard InChI is InChI=1S/C17H21FN2O6/c1-17(2,3)26-16(23)20-11(15(22)24-4)8-13-14(21)19-10-7-9(18)5-6-12(10)25-13/h5-7,11,13H,8H2,1-4H3,(H,19,21)(H,20,23)/t11-,13-/m0/s1. The van der Waals surface area contributed by atoms with E-state index >= 15 is 0 Å². The maximum Gasteiger partial charge on any atom is 0.408 e. The number of rotatable bonds is 4. The minimum Gasteiger partial charge on any atom is -0.478 e. The third-order valence-electron chi connectivity index (χ3n) is 3.39. The second kappa shape index (κ2) is 7.59. The molecule has 142 valence electrons. The molecule has 1 heterocycles. The van der Waals surface area contributed by atoms with Crippen LogP contribution in [0.25, 0.3) is 0 Å². The molecule has 0 aromatic heterocycles. The largest absolute Gasteiger partial charge is 0.478 e. The highest BCUT2D eigenvalue weighted by Crippen LogP contribution is 2.31. The van der Waals surface area contributed by atoms with Gasteiger partial charge in [-0.25, -0.2) is 14.0 Å². The average Bonchev–Trinajstić information content (AvgIpc) is 2.52. The maximum atomic E-state index is 13.2.